The SMILES string of the molecule is COCCn1c(-c2ccc(O)cc2)nc2cccc(-c3nc4cc(C(=O)OC)ccc4n3CCC(C)C)c21. The van der Waals surface area contributed by atoms with E-state index >= 15 is 0 Å². The van der Waals surface area contributed by atoms with Gasteiger partial charge >= 0.3 is 5.97 Å². The number of fused-ring (bicyclic) bond motifs is 2. The summed E-state index contributed by atoms with van der Waals surface area (Å²) in [6.45, 7) is 6.31. The summed E-state index contributed by atoms with van der Waals surface area (Å²) in [4.78, 5) is 22.3. The predicted octanol–water partition coefficient (Wildman–Crippen LogP) is 5.90. The van der Waals surface area contributed by atoms with Gasteiger partial charge in [-0.15, -0.1) is 0 Å². The fourth-order valence-corrected chi connectivity index (χ4v) is 4.79. The maximum atomic E-state index is 12.2. The molecule has 8 nitrogen and oxygen atoms in total. The summed E-state index contributed by atoms with van der Waals surface area (Å²) in [7, 11) is 3.07. The van der Waals surface area contributed by atoms with Crippen molar-refractivity contribution in [2.75, 3.05) is 20.8 Å². The van der Waals surface area contributed by atoms with Crippen LogP contribution in [0.5, 0.6) is 5.75 Å². The number of phenolic OH excluding ortho intramolecular Hbond substituents is 1. The van der Waals surface area contributed by atoms with Crippen LogP contribution in [0.2, 0.25) is 0 Å². The van der Waals surface area contributed by atoms with Gasteiger partial charge < -0.3 is 23.7 Å². The number of methoxy groups -OCH3 is 2. The molecule has 5 aromatic rings. The number of esters is 1. The van der Waals surface area contributed by atoms with Gasteiger partial charge in [-0.3, -0.25) is 0 Å². The molecule has 0 aliphatic rings. The molecule has 0 radical (unpaired) electrons. The molecule has 0 amide bonds. The molecular formula is C30H32N4O4. The summed E-state index contributed by atoms with van der Waals surface area (Å²) >= 11 is 0. The number of imidazole rings is 2. The number of aromatic hydroxyl groups is 1. The van der Waals surface area contributed by atoms with E-state index in [9.17, 15) is 9.90 Å². The Morgan fingerprint density at radius 2 is 1.68 bits per heavy atom. The van der Waals surface area contributed by atoms with Crippen LogP contribution in [0.25, 0.3) is 44.8 Å². The molecule has 0 fully saturated rings. The van der Waals surface area contributed by atoms with Crippen molar-refractivity contribution in [1.82, 2.24) is 19.1 Å². The molecule has 8 heteroatoms. The van der Waals surface area contributed by atoms with Crippen molar-refractivity contribution < 1.29 is 19.4 Å². The van der Waals surface area contributed by atoms with Gasteiger partial charge in [-0.05, 0) is 66.9 Å². The van der Waals surface area contributed by atoms with Crippen molar-refractivity contribution in [3.63, 3.8) is 0 Å². The largest absolute Gasteiger partial charge is 0.508 e. The lowest BCUT2D eigenvalue weighted by Crippen LogP contribution is -2.08. The monoisotopic (exact) mass is 512 g/mol. The minimum Gasteiger partial charge on any atom is -0.508 e. The van der Waals surface area contributed by atoms with Crippen molar-refractivity contribution in [3.05, 3.63) is 66.2 Å². The maximum Gasteiger partial charge on any atom is 0.337 e. The number of phenols is 1. The van der Waals surface area contributed by atoms with Crippen LogP contribution in [-0.4, -0.2) is 51.0 Å². The van der Waals surface area contributed by atoms with Crippen LogP contribution in [0.3, 0.4) is 0 Å². The van der Waals surface area contributed by atoms with Crippen LogP contribution < -0.4 is 0 Å². The number of aromatic nitrogens is 4. The normalized spacial score (nSPS) is 11.6. The van der Waals surface area contributed by atoms with Crippen molar-refractivity contribution >= 4 is 28.0 Å². The molecule has 0 atom stereocenters. The number of carbonyl (C=O) groups is 1. The summed E-state index contributed by atoms with van der Waals surface area (Å²) in [5.41, 5.74) is 5.84. The van der Waals surface area contributed by atoms with Gasteiger partial charge in [0.1, 0.15) is 17.4 Å². The molecule has 0 spiro atoms. The zero-order valence-electron chi connectivity index (χ0n) is 22.1. The second-order valence-electron chi connectivity index (χ2n) is 9.76. The molecular weight excluding hydrogens is 480 g/mol. The average molecular weight is 513 g/mol. The molecule has 0 aliphatic heterocycles. The van der Waals surface area contributed by atoms with E-state index < -0.39 is 0 Å². The van der Waals surface area contributed by atoms with Gasteiger partial charge in [0.2, 0.25) is 0 Å². The Bertz CT molecular complexity index is 1600. The first-order valence-electron chi connectivity index (χ1n) is 12.8. The van der Waals surface area contributed by atoms with Crippen LogP contribution >= 0.6 is 0 Å². The van der Waals surface area contributed by atoms with E-state index in [1.807, 2.05) is 30.3 Å². The van der Waals surface area contributed by atoms with Crippen LogP contribution in [0.15, 0.2) is 60.7 Å². The fourth-order valence-electron chi connectivity index (χ4n) is 4.79. The van der Waals surface area contributed by atoms with Gasteiger partial charge in [0, 0.05) is 31.3 Å². The molecule has 196 valence electrons. The molecule has 1 N–H and O–H groups in total. The summed E-state index contributed by atoms with van der Waals surface area (Å²) in [6.07, 6.45) is 0.981. The van der Waals surface area contributed by atoms with E-state index in [-0.39, 0.29) is 11.7 Å². The first-order chi connectivity index (χ1) is 18.4. The minimum absolute atomic E-state index is 0.208. The third-order valence-corrected chi connectivity index (χ3v) is 6.75. The van der Waals surface area contributed by atoms with E-state index in [2.05, 4.69) is 29.0 Å². The van der Waals surface area contributed by atoms with E-state index in [1.165, 1.54) is 7.11 Å². The summed E-state index contributed by atoms with van der Waals surface area (Å²) in [5.74, 6) is 1.95. The Kier molecular flexibility index (Phi) is 7.15. The van der Waals surface area contributed by atoms with Crippen molar-refractivity contribution in [2.45, 2.75) is 33.4 Å². The number of para-hydroxylation sites is 1. The van der Waals surface area contributed by atoms with Crippen molar-refractivity contribution in [1.29, 1.82) is 0 Å². The van der Waals surface area contributed by atoms with Gasteiger partial charge in [0.05, 0.1) is 41.3 Å². The Balaban J connectivity index is 1.76. The molecule has 0 unspecified atom stereocenters. The molecule has 0 saturated heterocycles. The number of benzene rings is 3. The Hall–Kier alpha value is -4.17. The Morgan fingerprint density at radius 1 is 0.921 bits per heavy atom. The molecule has 0 aliphatic carbocycles. The van der Waals surface area contributed by atoms with Crippen LogP contribution in [0.4, 0.5) is 0 Å². The maximum absolute atomic E-state index is 12.2. The second kappa shape index (κ2) is 10.7. The third kappa shape index (κ3) is 4.75. The number of nitrogens with zero attached hydrogens (tertiary/aromatic N) is 4. The summed E-state index contributed by atoms with van der Waals surface area (Å²) in [5, 5.41) is 9.82. The Morgan fingerprint density at radius 3 is 2.39 bits per heavy atom. The highest BCUT2D eigenvalue weighted by atomic mass is 16.5. The number of hydrogen-bond acceptors (Lipinski definition) is 6. The molecule has 2 heterocycles. The highest BCUT2D eigenvalue weighted by Gasteiger charge is 2.21. The van der Waals surface area contributed by atoms with Gasteiger partial charge in [0.15, 0.2) is 0 Å². The van der Waals surface area contributed by atoms with Crippen LogP contribution in [0, 0.1) is 5.92 Å². The standard InChI is InChI=1S/C30H32N4O4/c1-19(2)14-15-33-26-13-10-21(30(36)38-4)18-25(26)32-29(33)23-6-5-7-24-27(23)34(16-17-37-3)28(31-24)20-8-11-22(35)12-9-20/h5-13,18-19,35H,14-17H2,1-4H3. The number of carbonyl (C=O) groups excluding carboxylic acids is 1. The van der Waals surface area contributed by atoms with Gasteiger partial charge in [0.25, 0.3) is 0 Å². The van der Waals surface area contributed by atoms with Gasteiger partial charge in [-0.25, -0.2) is 14.8 Å². The van der Waals surface area contributed by atoms with Gasteiger partial charge in [-0.2, -0.15) is 0 Å². The first-order valence-corrected chi connectivity index (χ1v) is 12.8. The van der Waals surface area contributed by atoms with Gasteiger partial charge in [-0.1, -0.05) is 19.9 Å². The first kappa shape index (κ1) is 25.5. The van der Waals surface area contributed by atoms with E-state index in [0.717, 1.165) is 57.8 Å². The van der Waals surface area contributed by atoms with Crippen molar-refractivity contribution in [2.24, 2.45) is 5.92 Å². The number of ether oxygens (including phenoxy) is 2. The molecule has 3 aromatic carbocycles. The molecule has 0 saturated carbocycles. The Labute approximate surface area is 221 Å². The predicted molar refractivity (Wildman–Crippen MR) is 148 cm³/mol. The lowest BCUT2D eigenvalue weighted by Gasteiger charge is -2.14. The highest BCUT2D eigenvalue weighted by Crippen LogP contribution is 2.35. The highest BCUT2D eigenvalue weighted by molar-refractivity contribution is 5.97. The molecule has 5 rings (SSSR count). The molecule has 38 heavy (non-hydrogen) atoms. The van der Waals surface area contributed by atoms with Crippen LogP contribution in [0.1, 0.15) is 30.6 Å². The topological polar surface area (TPSA) is 91.4 Å². The number of aryl methyl sites for hydroxylation is 1. The molecule has 0 bridgehead atoms. The number of hydrogen-bond donors (Lipinski definition) is 1. The quantitative estimate of drug-likeness (QED) is 0.247. The van der Waals surface area contributed by atoms with E-state index in [1.54, 1.807) is 31.4 Å². The third-order valence-electron chi connectivity index (χ3n) is 6.75. The lowest BCUT2D eigenvalue weighted by atomic mass is 10.1. The van der Waals surface area contributed by atoms with Crippen molar-refractivity contribution in [3.8, 4) is 28.5 Å². The fraction of sp³-hybridized carbons (Fsp3) is 0.300. The molecule has 2 aromatic heterocycles. The second-order valence-corrected chi connectivity index (χ2v) is 9.76. The average Bonchev–Trinajstić information content (AvgIpc) is 3.48. The lowest BCUT2D eigenvalue weighted by molar-refractivity contribution is 0.0601. The summed E-state index contributed by atoms with van der Waals surface area (Å²) < 4.78 is 14.8. The van der Waals surface area contributed by atoms with E-state index in [0.29, 0.717) is 24.6 Å². The number of rotatable bonds is 9. The minimum atomic E-state index is -0.386. The van der Waals surface area contributed by atoms with E-state index in [4.69, 9.17) is 19.4 Å². The summed E-state index contributed by atoms with van der Waals surface area (Å²) in [6, 6.07) is 18.7. The zero-order valence-corrected chi connectivity index (χ0v) is 22.1. The zero-order chi connectivity index (χ0) is 26.8. The smallest absolute Gasteiger partial charge is 0.337 e. The van der Waals surface area contributed by atoms with Crippen LogP contribution in [-0.2, 0) is 22.6 Å².